The van der Waals surface area contributed by atoms with E-state index in [9.17, 15) is 18.0 Å². The van der Waals surface area contributed by atoms with Gasteiger partial charge in [-0.05, 0) is 31.0 Å². The van der Waals surface area contributed by atoms with Crippen molar-refractivity contribution in [1.82, 2.24) is 4.90 Å². The summed E-state index contributed by atoms with van der Waals surface area (Å²) >= 11 is 5.91. The van der Waals surface area contributed by atoms with Gasteiger partial charge in [0.15, 0.2) is 0 Å². The van der Waals surface area contributed by atoms with Gasteiger partial charge in [-0.2, -0.15) is 13.2 Å². The fourth-order valence-electron chi connectivity index (χ4n) is 2.60. The predicted octanol–water partition coefficient (Wildman–Crippen LogP) is 4.33. The number of carbonyl (C=O) groups excluding carboxylic acids is 1. The third-order valence-electron chi connectivity index (χ3n) is 3.75. The van der Waals surface area contributed by atoms with Crippen LogP contribution in [0.3, 0.4) is 0 Å². The second-order valence-corrected chi connectivity index (χ2v) is 5.54. The quantitative estimate of drug-likeness (QED) is 0.743. The highest BCUT2D eigenvalue weighted by Gasteiger charge is 2.32. The number of rotatable bonds is 2. The maximum atomic E-state index is 12.7. The van der Waals surface area contributed by atoms with Crippen molar-refractivity contribution in [3.05, 3.63) is 35.4 Å². The highest BCUT2D eigenvalue weighted by Crippen LogP contribution is 2.30. The van der Waals surface area contributed by atoms with Gasteiger partial charge >= 0.3 is 6.18 Å². The minimum Gasteiger partial charge on any atom is -0.334 e. The molecule has 0 bridgehead atoms. The Bertz CT molecular complexity index is 504. The molecule has 116 valence electrons. The van der Waals surface area contributed by atoms with E-state index in [1.54, 1.807) is 4.90 Å². The summed E-state index contributed by atoms with van der Waals surface area (Å²) in [7, 11) is 0. The molecule has 1 amide bonds. The number of nitrogens with zero attached hydrogens (tertiary/aromatic N) is 1. The summed E-state index contributed by atoms with van der Waals surface area (Å²) in [6, 6.07) is 4.48. The number of likely N-dealkylation sites (tertiary alicyclic amines) is 1. The van der Waals surface area contributed by atoms with Crippen molar-refractivity contribution in [2.75, 3.05) is 12.4 Å². The van der Waals surface area contributed by atoms with Crippen molar-refractivity contribution >= 4 is 17.5 Å². The van der Waals surface area contributed by atoms with Crippen LogP contribution >= 0.6 is 11.6 Å². The summed E-state index contributed by atoms with van der Waals surface area (Å²) < 4.78 is 38.2. The van der Waals surface area contributed by atoms with Crippen LogP contribution in [-0.2, 0) is 6.18 Å². The van der Waals surface area contributed by atoms with Crippen molar-refractivity contribution in [2.24, 2.45) is 0 Å². The zero-order valence-electron chi connectivity index (χ0n) is 11.5. The Labute approximate surface area is 126 Å². The number of carbonyl (C=O) groups is 1. The summed E-state index contributed by atoms with van der Waals surface area (Å²) in [6.07, 6.45) is -0.781. The van der Waals surface area contributed by atoms with E-state index in [2.05, 4.69) is 0 Å². The molecule has 1 heterocycles. The number of halogens is 4. The van der Waals surface area contributed by atoms with Crippen LogP contribution < -0.4 is 0 Å². The fraction of sp³-hybridized carbons (Fsp3) is 0.533. The predicted molar refractivity (Wildman–Crippen MR) is 75.5 cm³/mol. The smallest absolute Gasteiger partial charge is 0.334 e. The molecule has 1 aliphatic heterocycles. The Morgan fingerprint density at radius 1 is 1.29 bits per heavy atom. The second kappa shape index (κ2) is 6.69. The van der Waals surface area contributed by atoms with E-state index < -0.39 is 11.7 Å². The number of alkyl halides is 4. The lowest BCUT2D eigenvalue weighted by molar-refractivity contribution is -0.137. The second-order valence-electron chi connectivity index (χ2n) is 5.23. The average Bonchev–Trinajstić information content (AvgIpc) is 2.70. The molecule has 6 heteroatoms. The molecule has 0 aliphatic carbocycles. The maximum Gasteiger partial charge on any atom is 0.416 e. The van der Waals surface area contributed by atoms with Crippen LogP contribution in [0, 0.1) is 0 Å². The first-order chi connectivity index (χ1) is 9.93. The normalized spacial score (nSPS) is 20.2. The Hall–Kier alpha value is -1.23. The van der Waals surface area contributed by atoms with Gasteiger partial charge in [0, 0.05) is 24.0 Å². The molecule has 1 saturated heterocycles. The number of benzene rings is 1. The third kappa shape index (κ3) is 3.90. The van der Waals surface area contributed by atoms with Gasteiger partial charge in [0.25, 0.3) is 5.91 Å². The minimum atomic E-state index is -4.44. The lowest BCUT2D eigenvalue weighted by Crippen LogP contribution is -2.41. The summed E-state index contributed by atoms with van der Waals surface area (Å²) in [5, 5.41) is 0. The zero-order chi connectivity index (χ0) is 15.5. The van der Waals surface area contributed by atoms with Crippen LogP contribution in [-0.4, -0.2) is 29.3 Å². The summed E-state index contributed by atoms with van der Waals surface area (Å²) in [5.41, 5.74) is -0.729. The van der Waals surface area contributed by atoms with E-state index >= 15 is 0 Å². The lowest BCUT2D eigenvalue weighted by Gasteiger charge is -2.28. The molecule has 21 heavy (non-hydrogen) atoms. The molecule has 0 spiro atoms. The molecular formula is C15H17ClF3NO. The van der Waals surface area contributed by atoms with Gasteiger partial charge in [-0.1, -0.05) is 18.9 Å². The molecule has 0 N–H and O–H groups in total. The lowest BCUT2D eigenvalue weighted by atomic mass is 10.1. The van der Waals surface area contributed by atoms with E-state index in [0.717, 1.165) is 37.8 Å². The highest BCUT2D eigenvalue weighted by molar-refractivity contribution is 6.18. The molecule has 1 aliphatic rings. The zero-order valence-corrected chi connectivity index (χ0v) is 12.3. The van der Waals surface area contributed by atoms with Crippen molar-refractivity contribution in [3.8, 4) is 0 Å². The largest absolute Gasteiger partial charge is 0.416 e. The molecule has 2 nitrogen and oxygen atoms in total. The van der Waals surface area contributed by atoms with Gasteiger partial charge in [0.05, 0.1) is 5.56 Å². The van der Waals surface area contributed by atoms with Crippen molar-refractivity contribution in [1.29, 1.82) is 0 Å². The maximum absolute atomic E-state index is 12.7. The number of hydrogen-bond acceptors (Lipinski definition) is 1. The van der Waals surface area contributed by atoms with E-state index in [1.807, 2.05) is 0 Å². The van der Waals surface area contributed by atoms with Gasteiger partial charge in [-0.15, -0.1) is 11.6 Å². The van der Waals surface area contributed by atoms with Gasteiger partial charge in [0.2, 0.25) is 0 Å². The first-order valence-corrected chi connectivity index (χ1v) is 7.51. The monoisotopic (exact) mass is 319 g/mol. The minimum absolute atomic E-state index is 0.0711. The van der Waals surface area contributed by atoms with Crippen molar-refractivity contribution < 1.29 is 18.0 Å². The first kappa shape index (κ1) is 16.1. The van der Waals surface area contributed by atoms with Gasteiger partial charge in [-0.25, -0.2) is 0 Å². The van der Waals surface area contributed by atoms with Crippen LogP contribution in [0.2, 0.25) is 0 Å². The molecule has 1 fully saturated rings. The van der Waals surface area contributed by atoms with Crippen LogP contribution in [0.15, 0.2) is 24.3 Å². The van der Waals surface area contributed by atoms with Gasteiger partial charge in [0.1, 0.15) is 0 Å². The number of amides is 1. The summed E-state index contributed by atoms with van der Waals surface area (Å²) in [5.74, 6) is -0.0568. The Morgan fingerprint density at radius 3 is 2.71 bits per heavy atom. The van der Waals surface area contributed by atoms with E-state index in [-0.39, 0.29) is 17.5 Å². The number of hydrogen-bond donors (Lipinski definition) is 0. The fourth-order valence-corrected chi connectivity index (χ4v) is 2.92. The van der Waals surface area contributed by atoms with Crippen molar-refractivity contribution in [2.45, 2.75) is 37.9 Å². The van der Waals surface area contributed by atoms with E-state index in [4.69, 9.17) is 11.6 Å². The summed E-state index contributed by atoms with van der Waals surface area (Å²) in [4.78, 5) is 14.1. The highest BCUT2D eigenvalue weighted by atomic mass is 35.5. The molecule has 0 radical (unpaired) electrons. The molecule has 0 saturated carbocycles. The van der Waals surface area contributed by atoms with E-state index in [0.29, 0.717) is 12.4 Å². The van der Waals surface area contributed by atoms with Gasteiger partial charge < -0.3 is 4.90 Å². The van der Waals surface area contributed by atoms with Crippen LogP contribution in [0.4, 0.5) is 13.2 Å². The molecule has 1 aromatic rings. The van der Waals surface area contributed by atoms with E-state index in [1.165, 1.54) is 12.1 Å². The molecule has 1 aromatic carbocycles. The SMILES string of the molecule is O=C(c1cccc(C(F)(F)F)c1)N1CCCCCC1CCl. The standard InChI is InChI=1S/C15H17ClF3NO/c16-10-13-7-2-1-3-8-20(13)14(21)11-5-4-6-12(9-11)15(17,18)19/h4-6,9,13H,1-3,7-8,10H2. The van der Waals surface area contributed by atoms with Gasteiger partial charge in [-0.3, -0.25) is 4.79 Å². The first-order valence-electron chi connectivity index (χ1n) is 6.97. The molecule has 0 aromatic heterocycles. The van der Waals surface area contributed by atoms with Crippen LogP contribution in [0.25, 0.3) is 0 Å². The third-order valence-corrected chi connectivity index (χ3v) is 4.11. The molecular weight excluding hydrogens is 303 g/mol. The Morgan fingerprint density at radius 2 is 2.05 bits per heavy atom. The topological polar surface area (TPSA) is 20.3 Å². The molecule has 1 atom stereocenters. The molecule has 1 unspecified atom stereocenters. The van der Waals surface area contributed by atoms with Crippen LogP contribution in [0.1, 0.15) is 41.6 Å². The van der Waals surface area contributed by atoms with Crippen LogP contribution in [0.5, 0.6) is 0 Å². The van der Waals surface area contributed by atoms with Crippen molar-refractivity contribution in [3.63, 3.8) is 0 Å². The summed E-state index contributed by atoms with van der Waals surface area (Å²) in [6.45, 7) is 0.548. The Balaban J connectivity index is 2.25. The molecule has 2 rings (SSSR count). The average molecular weight is 320 g/mol. The Kier molecular flexibility index (Phi) is 5.14.